The average Bonchev–Trinajstić information content (AvgIpc) is 2.81. The summed E-state index contributed by atoms with van der Waals surface area (Å²) in [5, 5.41) is 10.4. The number of rotatable bonds is 6. The van der Waals surface area contributed by atoms with Crippen molar-refractivity contribution in [1.82, 2.24) is 14.2 Å². The summed E-state index contributed by atoms with van der Waals surface area (Å²) < 4.78 is 45.2. The topological polar surface area (TPSA) is 86.2 Å². The number of aromatic nitrogens is 1. The minimum absolute atomic E-state index is 0.194. The Morgan fingerprint density at radius 1 is 1.00 bits per heavy atom. The van der Waals surface area contributed by atoms with Crippen molar-refractivity contribution in [3.05, 3.63) is 54.0 Å². The molecular weight excluding hydrogens is 423 g/mol. The Morgan fingerprint density at radius 3 is 2.29 bits per heavy atom. The molecule has 0 saturated carbocycles. The van der Waals surface area contributed by atoms with Gasteiger partial charge in [0, 0.05) is 52.0 Å². The predicted molar refractivity (Wildman–Crippen MR) is 114 cm³/mol. The van der Waals surface area contributed by atoms with Gasteiger partial charge in [0.1, 0.15) is 16.5 Å². The molecule has 8 nitrogen and oxygen atoms in total. The highest BCUT2D eigenvalue weighted by Gasteiger charge is 2.27. The van der Waals surface area contributed by atoms with Gasteiger partial charge in [-0.3, -0.25) is 4.90 Å². The fraction of sp³-hybridized carbons (Fsp3) is 0.476. The van der Waals surface area contributed by atoms with Crippen molar-refractivity contribution in [2.24, 2.45) is 0 Å². The lowest BCUT2D eigenvalue weighted by molar-refractivity contribution is 0.0730. The Hall–Kier alpha value is -2.11. The van der Waals surface area contributed by atoms with Crippen LogP contribution in [0, 0.1) is 5.82 Å². The second kappa shape index (κ2) is 9.58. The van der Waals surface area contributed by atoms with E-state index in [1.165, 1.54) is 22.6 Å². The molecule has 3 heterocycles. The van der Waals surface area contributed by atoms with E-state index < -0.39 is 16.1 Å². The summed E-state index contributed by atoms with van der Waals surface area (Å²) in [6.45, 7) is 4.93. The number of piperazine rings is 1. The molecule has 168 valence electrons. The van der Waals surface area contributed by atoms with Gasteiger partial charge in [-0.2, -0.15) is 4.31 Å². The molecule has 1 aromatic heterocycles. The average molecular weight is 451 g/mol. The maximum absolute atomic E-state index is 13.1. The van der Waals surface area contributed by atoms with Crippen LogP contribution in [0.25, 0.3) is 0 Å². The van der Waals surface area contributed by atoms with E-state index in [9.17, 15) is 17.9 Å². The van der Waals surface area contributed by atoms with E-state index in [0.29, 0.717) is 38.4 Å². The Balaban J connectivity index is 1.32. The molecule has 1 aromatic carbocycles. The van der Waals surface area contributed by atoms with Crippen molar-refractivity contribution in [2.75, 3.05) is 63.9 Å². The normalized spacial score (nSPS) is 20.0. The molecule has 0 aliphatic carbocycles. The molecule has 2 fully saturated rings. The van der Waals surface area contributed by atoms with Crippen molar-refractivity contribution in [3.8, 4) is 0 Å². The number of hydrogen-bond donors (Lipinski definition) is 1. The van der Waals surface area contributed by atoms with Gasteiger partial charge in [-0.15, -0.1) is 0 Å². The monoisotopic (exact) mass is 450 g/mol. The van der Waals surface area contributed by atoms with Gasteiger partial charge in [-0.25, -0.2) is 17.8 Å². The Labute approximate surface area is 181 Å². The van der Waals surface area contributed by atoms with Crippen molar-refractivity contribution in [2.45, 2.75) is 11.0 Å². The molecule has 1 N–H and O–H groups in total. The van der Waals surface area contributed by atoms with Crippen molar-refractivity contribution >= 4 is 15.8 Å². The Bertz CT molecular complexity index is 958. The van der Waals surface area contributed by atoms with Gasteiger partial charge in [-0.05, 0) is 29.8 Å². The zero-order chi connectivity index (χ0) is 21.8. The van der Waals surface area contributed by atoms with Crippen LogP contribution in [0.5, 0.6) is 0 Å². The number of anilines is 1. The number of halogens is 1. The van der Waals surface area contributed by atoms with Crippen LogP contribution in [0.15, 0.2) is 47.5 Å². The number of morpholine rings is 1. The zero-order valence-electron chi connectivity index (χ0n) is 17.2. The number of β-amino-alcohol motifs (C(OH)–C–C–N with tert-alkyl or cyclic N) is 1. The maximum Gasteiger partial charge on any atom is 0.244 e. The standard InChI is InChI=1S/C21H27FN4O4S/c22-18-3-1-17(2-4-18)20(27)16-24-7-9-25(10-8-24)21-6-5-19(15-23-21)31(28,29)26-11-13-30-14-12-26/h1-6,15,20,27H,7-14,16H2/t20-/m0/s1. The third-order valence-corrected chi connectivity index (χ3v) is 7.59. The predicted octanol–water partition coefficient (Wildman–Crippen LogP) is 1.10. The summed E-state index contributed by atoms with van der Waals surface area (Å²) in [4.78, 5) is 8.84. The minimum atomic E-state index is -3.55. The smallest absolute Gasteiger partial charge is 0.244 e. The first-order valence-electron chi connectivity index (χ1n) is 10.4. The highest BCUT2D eigenvalue weighted by atomic mass is 32.2. The van der Waals surface area contributed by atoms with E-state index in [4.69, 9.17) is 4.74 Å². The molecule has 1 atom stereocenters. The summed E-state index contributed by atoms with van der Waals surface area (Å²) in [6, 6.07) is 9.27. The van der Waals surface area contributed by atoms with Crippen molar-refractivity contribution in [1.29, 1.82) is 0 Å². The van der Waals surface area contributed by atoms with Crippen LogP contribution in [-0.4, -0.2) is 86.7 Å². The quantitative estimate of drug-likeness (QED) is 0.705. The molecule has 0 unspecified atom stereocenters. The lowest BCUT2D eigenvalue weighted by Crippen LogP contribution is -2.47. The molecule has 4 rings (SSSR count). The van der Waals surface area contributed by atoms with Crippen LogP contribution in [-0.2, 0) is 14.8 Å². The molecule has 0 radical (unpaired) electrons. The lowest BCUT2D eigenvalue weighted by Gasteiger charge is -2.36. The van der Waals surface area contributed by atoms with Crippen LogP contribution in [0.1, 0.15) is 11.7 Å². The first-order valence-corrected chi connectivity index (χ1v) is 11.8. The van der Waals surface area contributed by atoms with Crippen LogP contribution in [0.4, 0.5) is 10.2 Å². The fourth-order valence-electron chi connectivity index (χ4n) is 3.84. The van der Waals surface area contributed by atoms with Gasteiger partial charge in [0.05, 0.1) is 19.3 Å². The summed E-state index contributed by atoms with van der Waals surface area (Å²) in [5.74, 6) is 0.417. The third-order valence-electron chi connectivity index (χ3n) is 5.71. The Kier molecular flexibility index (Phi) is 6.83. The lowest BCUT2D eigenvalue weighted by atomic mass is 10.1. The third kappa shape index (κ3) is 5.21. The van der Waals surface area contributed by atoms with Gasteiger partial charge in [0.15, 0.2) is 0 Å². The molecule has 2 aliphatic rings. The van der Waals surface area contributed by atoms with Crippen LogP contribution in [0.2, 0.25) is 0 Å². The molecule has 2 saturated heterocycles. The van der Waals surface area contributed by atoms with E-state index in [1.807, 2.05) is 0 Å². The number of benzene rings is 1. The first-order chi connectivity index (χ1) is 14.9. The summed E-state index contributed by atoms with van der Waals surface area (Å²) in [7, 11) is -3.55. The molecule has 0 amide bonds. The molecule has 2 aromatic rings. The maximum atomic E-state index is 13.1. The summed E-state index contributed by atoms with van der Waals surface area (Å²) >= 11 is 0. The molecule has 2 aliphatic heterocycles. The first kappa shape index (κ1) is 22.1. The van der Waals surface area contributed by atoms with Gasteiger partial charge < -0.3 is 14.7 Å². The number of aliphatic hydroxyl groups is 1. The number of hydrogen-bond acceptors (Lipinski definition) is 7. The fourth-order valence-corrected chi connectivity index (χ4v) is 5.20. The molecule has 0 bridgehead atoms. The van der Waals surface area contributed by atoms with Crippen LogP contribution in [0.3, 0.4) is 0 Å². The Morgan fingerprint density at radius 2 is 1.68 bits per heavy atom. The highest BCUT2D eigenvalue weighted by molar-refractivity contribution is 7.89. The van der Waals surface area contributed by atoms with E-state index in [-0.39, 0.29) is 10.7 Å². The number of aliphatic hydroxyl groups excluding tert-OH is 1. The van der Waals surface area contributed by atoms with Gasteiger partial charge in [0.2, 0.25) is 10.0 Å². The number of pyridine rings is 1. The SMILES string of the molecule is O=S(=O)(c1ccc(N2CCN(C[C@H](O)c3ccc(F)cc3)CC2)nc1)N1CCOCC1. The molecular formula is C21H27FN4O4S. The van der Waals surface area contributed by atoms with Crippen molar-refractivity contribution in [3.63, 3.8) is 0 Å². The van der Waals surface area contributed by atoms with E-state index in [1.54, 1.807) is 24.3 Å². The number of sulfonamides is 1. The molecule has 0 spiro atoms. The highest BCUT2D eigenvalue weighted by Crippen LogP contribution is 2.21. The molecule has 31 heavy (non-hydrogen) atoms. The number of nitrogens with zero attached hydrogens (tertiary/aromatic N) is 4. The second-order valence-electron chi connectivity index (χ2n) is 7.72. The summed E-state index contributed by atoms with van der Waals surface area (Å²) in [6.07, 6.45) is 0.750. The van der Waals surface area contributed by atoms with E-state index in [0.717, 1.165) is 32.0 Å². The summed E-state index contributed by atoms with van der Waals surface area (Å²) in [5.41, 5.74) is 0.697. The van der Waals surface area contributed by atoms with Gasteiger partial charge >= 0.3 is 0 Å². The van der Waals surface area contributed by atoms with Crippen LogP contribution >= 0.6 is 0 Å². The van der Waals surface area contributed by atoms with Gasteiger partial charge in [0.25, 0.3) is 0 Å². The second-order valence-corrected chi connectivity index (χ2v) is 9.66. The largest absolute Gasteiger partial charge is 0.387 e. The minimum Gasteiger partial charge on any atom is -0.387 e. The van der Waals surface area contributed by atoms with E-state index >= 15 is 0 Å². The zero-order valence-corrected chi connectivity index (χ0v) is 18.0. The number of ether oxygens (including phenoxy) is 1. The van der Waals surface area contributed by atoms with Gasteiger partial charge in [-0.1, -0.05) is 12.1 Å². The van der Waals surface area contributed by atoms with E-state index in [2.05, 4.69) is 14.8 Å². The van der Waals surface area contributed by atoms with Crippen LogP contribution < -0.4 is 4.90 Å². The van der Waals surface area contributed by atoms with Crippen molar-refractivity contribution < 1.29 is 22.7 Å². The molecule has 10 heteroatoms.